The van der Waals surface area contributed by atoms with Crippen LogP contribution in [0.5, 0.6) is 17.2 Å². The molecule has 0 atom stereocenters. The van der Waals surface area contributed by atoms with Crippen molar-refractivity contribution in [2.45, 2.75) is 83.6 Å². The fourth-order valence-electron chi connectivity index (χ4n) is 14.9. The number of piperidine rings is 3. The second kappa shape index (κ2) is 29.8. The van der Waals surface area contributed by atoms with Crippen molar-refractivity contribution in [3.63, 3.8) is 0 Å². The number of halogens is 3. The molecule has 4 aromatic carbocycles. The van der Waals surface area contributed by atoms with Gasteiger partial charge in [0.05, 0.1) is 49.8 Å². The van der Waals surface area contributed by atoms with Crippen molar-refractivity contribution < 1.29 is 41.8 Å². The second-order valence-electron chi connectivity index (χ2n) is 25.9. The van der Waals surface area contributed by atoms with E-state index in [-0.39, 0.29) is 41.2 Å². The maximum atomic E-state index is 15.0. The first-order chi connectivity index (χ1) is 46.2. The quantitative estimate of drug-likeness (QED) is 0.0653. The van der Waals surface area contributed by atoms with Crippen molar-refractivity contribution in [1.29, 1.82) is 10.5 Å². The highest BCUT2D eigenvalue weighted by Crippen LogP contribution is 2.45. The summed E-state index contributed by atoms with van der Waals surface area (Å²) in [5.74, 6) is 2.71. The van der Waals surface area contributed by atoms with E-state index in [4.69, 9.17) is 24.5 Å². The van der Waals surface area contributed by atoms with E-state index in [1.165, 1.54) is 24.3 Å². The molecule has 22 heteroatoms. The smallest absolute Gasteiger partial charge is 0.418 e. The van der Waals surface area contributed by atoms with Crippen LogP contribution in [-0.4, -0.2) is 162 Å². The summed E-state index contributed by atoms with van der Waals surface area (Å²) in [7, 11) is 4.81. The van der Waals surface area contributed by atoms with E-state index in [9.17, 15) is 19.6 Å². The van der Waals surface area contributed by atoms with Crippen molar-refractivity contribution in [2.75, 3.05) is 134 Å². The zero-order valence-corrected chi connectivity index (χ0v) is 54.5. The van der Waals surface area contributed by atoms with Crippen LogP contribution in [0.2, 0.25) is 0 Å². The molecule has 3 N–H and O–H groups in total. The van der Waals surface area contributed by atoms with E-state index in [1.807, 2.05) is 41.3 Å². The first-order valence-corrected chi connectivity index (χ1v) is 33.5. The van der Waals surface area contributed by atoms with Gasteiger partial charge in [-0.1, -0.05) is 18.2 Å². The van der Waals surface area contributed by atoms with E-state index in [0.717, 1.165) is 115 Å². The molecule has 0 unspecified atom stereocenters. The molecule has 0 bridgehead atoms. The summed E-state index contributed by atoms with van der Waals surface area (Å²) in [5, 5.41) is 29.1. The Balaban J connectivity index is 0.613. The van der Waals surface area contributed by atoms with Crippen LogP contribution >= 0.6 is 0 Å². The molecule has 3 fully saturated rings. The molecule has 0 aliphatic carbocycles. The summed E-state index contributed by atoms with van der Waals surface area (Å²) in [6.45, 7) is 11.5. The minimum absolute atomic E-state index is 0.00789. The summed E-state index contributed by atoms with van der Waals surface area (Å²) in [5.41, 5.74) is 9.66. The maximum absolute atomic E-state index is 15.0. The lowest BCUT2D eigenvalue weighted by Crippen LogP contribution is -2.43. The number of amides is 3. The van der Waals surface area contributed by atoms with Crippen LogP contribution in [0.15, 0.2) is 91.1 Å². The highest BCUT2D eigenvalue weighted by atomic mass is 19.4. The number of fused-ring (bicyclic) bond motifs is 3. The molecule has 0 radical (unpaired) electrons. The topological polar surface area (TPSA) is 208 Å². The first-order valence-electron chi connectivity index (χ1n) is 33.5. The fraction of sp³-hybridized carbons (Fsp3) is 0.466. The van der Waals surface area contributed by atoms with Crippen molar-refractivity contribution in [3.8, 4) is 51.8 Å². The zero-order chi connectivity index (χ0) is 66.2. The van der Waals surface area contributed by atoms with Crippen LogP contribution < -0.4 is 44.9 Å². The van der Waals surface area contributed by atoms with Gasteiger partial charge in [-0.25, -0.2) is 9.97 Å². The SMILES string of the molecule is COc1ccc2c(c1)CCN(CCNC(=O)C1CCN(c3ccc(C#N)c(-c4c(OC)ccc5c4CCN(CCNC(=O)C4CCN(c6ccc(C(F)(F)F)c(-c7c(OC)ccc8c7CCN(CCNC(=O)C7CCN(c9ccc(C#N)cn9)CC7)C8)n6)CC4)C5)c3)CC1)C2. The number of carbonyl (C=O) groups is 3. The van der Waals surface area contributed by atoms with Gasteiger partial charge in [0, 0.05) is 164 Å². The van der Waals surface area contributed by atoms with E-state index < -0.39 is 11.7 Å². The molecule has 3 amide bonds. The highest BCUT2D eigenvalue weighted by molar-refractivity contribution is 5.84. The van der Waals surface area contributed by atoms with E-state index in [0.29, 0.717) is 151 Å². The van der Waals surface area contributed by atoms with Crippen LogP contribution in [0, 0.1) is 40.4 Å². The van der Waals surface area contributed by atoms with Crippen molar-refractivity contribution in [2.24, 2.45) is 17.8 Å². The number of nitriles is 2. The van der Waals surface area contributed by atoms with Crippen LogP contribution in [0.1, 0.15) is 88.6 Å². The summed E-state index contributed by atoms with van der Waals surface area (Å²) in [6.07, 6.45) is 2.87. The summed E-state index contributed by atoms with van der Waals surface area (Å²) >= 11 is 0. The van der Waals surface area contributed by atoms with Gasteiger partial charge in [0.15, 0.2) is 0 Å². The molecule has 6 aromatic rings. The molecule has 3 saturated heterocycles. The molecule has 6 aliphatic heterocycles. The van der Waals surface area contributed by atoms with Crippen molar-refractivity contribution >= 4 is 35.0 Å². The molecule has 95 heavy (non-hydrogen) atoms. The molecule has 6 aliphatic rings. The monoisotopic (exact) mass is 1300 g/mol. The molecule has 2 aromatic heterocycles. The van der Waals surface area contributed by atoms with E-state index >= 15 is 13.2 Å². The Morgan fingerprint density at radius 3 is 1.56 bits per heavy atom. The summed E-state index contributed by atoms with van der Waals surface area (Å²) in [4.78, 5) is 63.0. The van der Waals surface area contributed by atoms with Gasteiger partial charge in [0.2, 0.25) is 17.7 Å². The van der Waals surface area contributed by atoms with E-state index in [2.05, 4.69) is 81.8 Å². The predicted molar refractivity (Wildman–Crippen MR) is 357 cm³/mol. The molecular weight excluding hydrogens is 1210 g/mol. The molecule has 0 saturated carbocycles. The molecule has 12 rings (SSSR count). The number of aromatic nitrogens is 2. The second-order valence-corrected chi connectivity index (χ2v) is 25.9. The standard InChI is InChI=1S/C73H84F3N13O6/c1-93-58-10-6-54-45-84(28-16-52(54)40-58)37-25-79-70(90)49-17-31-87(32-18-49)57-9-5-53(43-78)61(41-57)67-59-23-29-85(46-55(59)7-12-63(67)94-2)38-26-81-72(92)51-21-35-89(36-22-51)66-15-11-62(73(74,75)76)69(83-66)68-60-24-30-86(47-56(60)8-13-64(68)95-3)39-27-80-71(91)50-19-33-88(34-20-50)65-14-4-48(42-77)44-82-65/h4-15,40-41,44,49-51H,16-39,45-47H2,1-3H3,(H,79,90)(H,80,91)(H,81,92). The molecule has 19 nitrogen and oxygen atoms in total. The van der Waals surface area contributed by atoms with Gasteiger partial charge >= 0.3 is 6.18 Å². The van der Waals surface area contributed by atoms with Gasteiger partial charge in [-0.15, -0.1) is 0 Å². The van der Waals surface area contributed by atoms with Crippen LogP contribution in [-0.2, 0) is 59.5 Å². The fourth-order valence-corrected chi connectivity index (χ4v) is 14.9. The van der Waals surface area contributed by atoms with Crippen LogP contribution in [0.25, 0.3) is 22.4 Å². The lowest BCUT2D eigenvalue weighted by molar-refractivity contribution is -0.137. The number of rotatable bonds is 20. The number of carbonyl (C=O) groups excluding carboxylic acids is 3. The van der Waals surface area contributed by atoms with Gasteiger partial charge in [0.1, 0.15) is 35.0 Å². The van der Waals surface area contributed by atoms with Crippen molar-refractivity contribution in [3.05, 3.63) is 141 Å². The van der Waals surface area contributed by atoms with Gasteiger partial charge in [0.25, 0.3) is 0 Å². The van der Waals surface area contributed by atoms with Gasteiger partial charge in [-0.2, -0.15) is 23.7 Å². The third-order valence-electron chi connectivity index (χ3n) is 20.3. The van der Waals surface area contributed by atoms with Crippen LogP contribution in [0.3, 0.4) is 0 Å². The average molecular weight is 1300 g/mol. The number of methoxy groups -OCH3 is 3. The number of alkyl halides is 3. The summed E-state index contributed by atoms with van der Waals surface area (Å²) in [6, 6.07) is 30.6. The largest absolute Gasteiger partial charge is 0.497 e. The summed E-state index contributed by atoms with van der Waals surface area (Å²) < 4.78 is 62.2. The third-order valence-corrected chi connectivity index (χ3v) is 20.3. The maximum Gasteiger partial charge on any atom is 0.418 e. The van der Waals surface area contributed by atoms with Gasteiger partial charge < -0.3 is 44.9 Å². The average Bonchev–Trinajstić information content (AvgIpc) is 0.768. The normalized spacial score (nSPS) is 17.6. The Morgan fingerprint density at radius 2 is 1.04 bits per heavy atom. The Morgan fingerprint density at radius 1 is 0.537 bits per heavy atom. The number of ether oxygens (including phenoxy) is 3. The number of anilines is 3. The Kier molecular flexibility index (Phi) is 20.7. The molecule has 498 valence electrons. The van der Waals surface area contributed by atoms with E-state index in [1.54, 1.807) is 32.5 Å². The Hall–Kier alpha value is -8.96. The first kappa shape index (κ1) is 66.1. The number of nitrogens with zero attached hydrogens (tertiary/aromatic N) is 10. The minimum atomic E-state index is -4.69. The molecule has 8 heterocycles. The van der Waals surface area contributed by atoms with Gasteiger partial charge in [-0.05, 0) is 158 Å². The predicted octanol–water partition coefficient (Wildman–Crippen LogP) is 8.77. The lowest BCUT2D eigenvalue weighted by Gasteiger charge is -2.34. The molecule has 0 spiro atoms. The number of nitrogens with one attached hydrogen (secondary N) is 3. The number of pyridine rings is 2. The number of hydrogen-bond acceptors (Lipinski definition) is 16. The number of benzene rings is 4. The third kappa shape index (κ3) is 15.1. The molecular formula is C73H84F3N13O6. The van der Waals surface area contributed by atoms with Gasteiger partial charge in [-0.3, -0.25) is 29.1 Å². The highest BCUT2D eigenvalue weighted by Gasteiger charge is 2.39. The Bertz CT molecular complexity index is 3850. The minimum Gasteiger partial charge on any atom is -0.497 e. The van der Waals surface area contributed by atoms with Crippen molar-refractivity contribution in [1.82, 2.24) is 40.6 Å². The zero-order valence-electron chi connectivity index (χ0n) is 54.5. The lowest BCUT2D eigenvalue weighted by atomic mass is 9.87. The van der Waals surface area contributed by atoms with Crippen LogP contribution in [0.4, 0.5) is 30.5 Å². The Labute approximate surface area is 554 Å². The number of hydrogen-bond donors (Lipinski definition) is 3.